The normalized spacial score (nSPS) is 17.9. The molecule has 0 spiro atoms. The standard InChI is InChI=1S/C16H16ClNO2S/c17-13-5-3-11(4-6-13)12-8-15(21-10-12)16(19)18-9-14-2-1-7-20-14/h3-6,8,10,14H,1-2,7,9H2,(H,18,19)/t14-/m1/s1. The zero-order chi connectivity index (χ0) is 14.7. The third-order valence-corrected chi connectivity index (χ3v) is 4.70. The van der Waals surface area contributed by atoms with Crippen molar-refractivity contribution in [2.24, 2.45) is 0 Å². The van der Waals surface area contributed by atoms with E-state index in [0.29, 0.717) is 11.6 Å². The van der Waals surface area contributed by atoms with Gasteiger partial charge in [0.1, 0.15) is 0 Å². The molecule has 1 amide bonds. The quantitative estimate of drug-likeness (QED) is 0.925. The first kappa shape index (κ1) is 14.6. The van der Waals surface area contributed by atoms with Crippen LogP contribution in [0.25, 0.3) is 11.1 Å². The Labute approximate surface area is 132 Å². The Hall–Kier alpha value is -1.36. The first-order valence-electron chi connectivity index (χ1n) is 6.96. The molecule has 3 nitrogen and oxygen atoms in total. The van der Waals surface area contributed by atoms with Crippen molar-refractivity contribution in [1.29, 1.82) is 0 Å². The molecule has 0 aliphatic carbocycles. The molecule has 5 heteroatoms. The zero-order valence-corrected chi connectivity index (χ0v) is 13.0. The van der Waals surface area contributed by atoms with Crippen LogP contribution in [0.4, 0.5) is 0 Å². The van der Waals surface area contributed by atoms with Crippen molar-refractivity contribution >= 4 is 28.8 Å². The second-order valence-electron chi connectivity index (χ2n) is 5.05. The van der Waals surface area contributed by atoms with E-state index in [4.69, 9.17) is 16.3 Å². The molecule has 1 aliphatic rings. The molecule has 21 heavy (non-hydrogen) atoms. The average molecular weight is 322 g/mol. The van der Waals surface area contributed by atoms with E-state index in [2.05, 4.69) is 5.32 Å². The second-order valence-corrected chi connectivity index (χ2v) is 6.40. The summed E-state index contributed by atoms with van der Waals surface area (Å²) in [6.07, 6.45) is 2.28. The maximum Gasteiger partial charge on any atom is 0.261 e. The SMILES string of the molecule is O=C(NC[C@H]1CCCO1)c1cc(-c2ccc(Cl)cc2)cs1. The minimum atomic E-state index is -0.0317. The van der Waals surface area contributed by atoms with Gasteiger partial charge in [0.15, 0.2) is 0 Å². The van der Waals surface area contributed by atoms with Gasteiger partial charge in [-0.15, -0.1) is 11.3 Å². The lowest BCUT2D eigenvalue weighted by Gasteiger charge is -2.09. The Balaban J connectivity index is 1.63. The third-order valence-electron chi connectivity index (χ3n) is 3.52. The Bertz CT molecular complexity index is 617. The first-order valence-corrected chi connectivity index (χ1v) is 8.22. The Morgan fingerprint density at radius 1 is 1.33 bits per heavy atom. The van der Waals surface area contributed by atoms with E-state index in [1.165, 1.54) is 11.3 Å². The van der Waals surface area contributed by atoms with Crippen molar-refractivity contribution in [3.8, 4) is 11.1 Å². The molecular weight excluding hydrogens is 306 g/mol. The minimum absolute atomic E-state index is 0.0317. The predicted molar refractivity (Wildman–Crippen MR) is 86.1 cm³/mol. The van der Waals surface area contributed by atoms with Gasteiger partial charge in [0.2, 0.25) is 0 Å². The zero-order valence-electron chi connectivity index (χ0n) is 11.5. The van der Waals surface area contributed by atoms with Crippen molar-refractivity contribution in [3.05, 3.63) is 45.6 Å². The van der Waals surface area contributed by atoms with Crippen molar-refractivity contribution in [1.82, 2.24) is 5.32 Å². The monoisotopic (exact) mass is 321 g/mol. The van der Waals surface area contributed by atoms with Gasteiger partial charge in [0.25, 0.3) is 5.91 Å². The number of amides is 1. The number of hydrogen-bond donors (Lipinski definition) is 1. The highest BCUT2D eigenvalue weighted by atomic mass is 35.5. The average Bonchev–Trinajstić information content (AvgIpc) is 3.17. The predicted octanol–water partition coefficient (Wildman–Crippen LogP) is 3.98. The summed E-state index contributed by atoms with van der Waals surface area (Å²) in [7, 11) is 0. The molecular formula is C16H16ClNO2S. The van der Waals surface area contributed by atoms with Crippen molar-refractivity contribution < 1.29 is 9.53 Å². The molecule has 0 unspecified atom stereocenters. The van der Waals surface area contributed by atoms with Crippen LogP contribution in [0.2, 0.25) is 5.02 Å². The van der Waals surface area contributed by atoms with Crippen molar-refractivity contribution in [2.75, 3.05) is 13.2 Å². The van der Waals surface area contributed by atoms with E-state index >= 15 is 0 Å². The molecule has 1 N–H and O–H groups in total. The number of nitrogens with one attached hydrogen (secondary N) is 1. The highest BCUT2D eigenvalue weighted by molar-refractivity contribution is 7.12. The van der Waals surface area contributed by atoms with Gasteiger partial charge in [-0.25, -0.2) is 0 Å². The van der Waals surface area contributed by atoms with Crippen LogP contribution in [-0.2, 0) is 4.74 Å². The first-order chi connectivity index (χ1) is 10.2. The summed E-state index contributed by atoms with van der Waals surface area (Å²) < 4.78 is 5.50. The van der Waals surface area contributed by atoms with Gasteiger partial charge in [0.05, 0.1) is 11.0 Å². The largest absolute Gasteiger partial charge is 0.376 e. The Morgan fingerprint density at radius 3 is 2.86 bits per heavy atom. The summed E-state index contributed by atoms with van der Waals surface area (Å²) in [5.74, 6) is -0.0317. The van der Waals surface area contributed by atoms with Gasteiger partial charge in [-0.05, 0) is 47.5 Å². The smallest absolute Gasteiger partial charge is 0.261 e. The fourth-order valence-electron chi connectivity index (χ4n) is 2.35. The third kappa shape index (κ3) is 3.64. The van der Waals surface area contributed by atoms with Crippen LogP contribution in [0, 0.1) is 0 Å². The molecule has 1 aromatic heterocycles. The number of thiophene rings is 1. The molecule has 1 fully saturated rings. The number of benzene rings is 1. The molecule has 1 aliphatic heterocycles. The van der Waals surface area contributed by atoms with Crippen LogP contribution in [-0.4, -0.2) is 25.2 Å². The maximum absolute atomic E-state index is 12.1. The lowest BCUT2D eigenvalue weighted by Crippen LogP contribution is -2.31. The molecule has 3 rings (SSSR count). The number of hydrogen-bond acceptors (Lipinski definition) is 3. The number of ether oxygens (including phenoxy) is 1. The molecule has 1 atom stereocenters. The maximum atomic E-state index is 12.1. The van der Waals surface area contributed by atoms with Gasteiger partial charge < -0.3 is 10.1 Å². The van der Waals surface area contributed by atoms with Crippen LogP contribution in [0.15, 0.2) is 35.7 Å². The molecule has 0 saturated carbocycles. The van der Waals surface area contributed by atoms with Crippen LogP contribution in [0.5, 0.6) is 0 Å². The fourth-order valence-corrected chi connectivity index (χ4v) is 3.31. The van der Waals surface area contributed by atoms with E-state index in [1.54, 1.807) is 0 Å². The molecule has 0 radical (unpaired) electrons. The summed E-state index contributed by atoms with van der Waals surface area (Å²) in [5.41, 5.74) is 2.10. The number of halogens is 1. The number of rotatable bonds is 4. The minimum Gasteiger partial charge on any atom is -0.376 e. The molecule has 0 bridgehead atoms. The van der Waals surface area contributed by atoms with Crippen molar-refractivity contribution in [2.45, 2.75) is 18.9 Å². The molecule has 2 heterocycles. The van der Waals surface area contributed by atoms with Crippen LogP contribution < -0.4 is 5.32 Å². The van der Waals surface area contributed by atoms with Crippen molar-refractivity contribution in [3.63, 3.8) is 0 Å². The molecule has 110 valence electrons. The van der Waals surface area contributed by atoms with Gasteiger partial charge in [-0.2, -0.15) is 0 Å². The lowest BCUT2D eigenvalue weighted by atomic mass is 10.1. The van der Waals surface area contributed by atoms with Crippen LogP contribution >= 0.6 is 22.9 Å². The molecule has 1 aromatic carbocycles. The molecule has 1 saturated heterocycles. The highest BCUT2D eigenvalue weighted by Gasteiger charge is 2.17. The van der Waals surface area contributed by atoms with Crippen LogP contribution in [0.1, 0.15) is 22.5 Å². The summed E-state index contributed by atoms with van der Waals surface area (Å²) in [6.45, 7) is 1.40. The Kier molecular flexibility index (Phi) is 4.58. The van der Waals surface area contributed by atoms with Crippen LogP contribution in [0.3, 0.4) is 0 Å². The highest BCUT2D eigenvalue weighted by Crippen LogP contribution is 2.26. The topological polar surface area (TPSA) is 38.3 Å². The van der Waals surface area contributed by atoms with E-state index < -0.39 is 0 Å². The van der Waals surface area contributed by atoms with E-state index in [-0.39, 0.29) is 12.0 Å². The fraction of sp³-hybridized carbons (Fsp3) is 0.312. The lowest BCUT2D eigenvalue weighted by molar-refractivity contribution is 0.0861. The van der Waals surface area contributed by atoms with E-state index in [9.17, 15) is 4.79 Å². The summed E-state index contributed by atoms with van der Waals surface area (Å²) in [4.78, 5) is 12.8. The van der Waals surface area contributed by atoms with Gasteiger partial charge in [-0.3, -0.25) is 4.79 Å². The van der Waals surface area contributed by atoms with Gasteiger partial charge in [-0.1, -0.05) is 23.7 Å². The number of carbonyl (C=O) groups excluding carboxylic acids is 1. The van der Waals surface area contributed by atoms with Gasteiger partial charge in [0, 0.05) is 18.2 Å². The van der Waals surface area contributed by atoms with E-state index in [1.807, 2.05) is 35.7 Å². The summed E-state index contributed by atoms with van der Waals surface area (Å²) >= 11 is 7.34. The molecule has 2 aromatic rings. The second kappa shape index (κ2) is 6.60. The van der Waals surface area contributed by atoms with Gasteiger partial charge >= 0.3 is 0 Å². The number of carbonyl (C=O) groups is 1. The Morgan fingerprint density at radius 2 is 2.14 bits per heavy atom. The summed E-state index contributed by atoms with van der Waals surface area (Å²) in [5, 5.41) is 5.64. The van der Waals surface area contributed by atoms with E-state index in [0.717, 1.165) is 35.5 Å². The summed E-state index contributed by atoms with van der Waals surface area (Å²) in [6, 6.07) is 9.53.